The maximum Gasteiger partial charge on any atom is 0.245 e. The molecule has 1 aliphatic heterocycles. The molecule has 248 valence electrons. The molecule has 44 heavy (non-hydrogen) atoms. The minimum atomic E-state index is -1.32. The largest absolute Gasteiger partial charge is 0.511 e. The van der Waals surface area contributed by atoms with Crippen LogP contribution < -0.4 is 27.0 Å². The average molecular weight is 639 g/mol. The van der Waals surface area contributed by atoms with E-state index in [9.17, 15) is 34.2 Å². The number of ketones is 1. The normalized spacial score (nSPS) is 23.1. The molecule has 1 fully saturated rings. The van der Waals surface area contributed by atoms with Gasteiger partial charge in [-0.15, -0.1) is 0 Å². The number of rotatable bonds is 15. The Morgan fingerprint density at radius 3 is 2.23 bits per heavy atom. The zero-order valence-corrected chi connectivity index (χ0v) is 27.5. The lowest BCUT2D eigenvalue weighted by atomic mass is 9.75. The van der Waals surface area contributed by atoms with Gasteiger partial charge in [0.25, 0.3) is 0 Å². The number of carbonyl (C=O) groups excluding carboxylic acids is 5. The SMILES string of the molecule is CC[C@H](C)[C@H](NC(=O)[C@@H]1C[C@@H](O)CN1)C(=O)N[C@@H](CN=C(CC(C)C)C1=C(O)CC(C)(C)CC1=O)C(=O)N[C@@H](CS)C(N)=O. The van der Waals surface area contributed by atoms with Crippen LogP contribution in [0, 0.1) is 17.3 Å². The fourth-order valence-corrected chi connectivity index (χ4v) is 5.53. The molecule has 4 amide bonds. The third-order valence-corrected chi connectivity index (χ3v) is 8.27. The molecule has 1 saturated heterocycles. The fraction of sp³-hybridized carbons (Fsp3) is 0.733. The zero-order valence-electron chi connectivity index (χ0n) is 26.6. The van der Waals surface area contributed by atoms with Gasteiger partial charge in [-0.3, -0.25) is 29.0 Å². The fourth-order valence-electron chi connectivity index (χ4n) is 5.26. The minimum absolute atomic E-state index is 0.0507. The van der Waals surface area contributed by atoms with Gasteiger partial charge >= 0.3 is 0 Å². The van der Waals surface area contributed by atoms with E-state index in [1.807, 2.05) is 34.6 Å². The molecule has 1 aliphatic carbocycles. The smallest absolute Gasteiger partial charge is 0.245 e. The van der Waals surface area contributed by atoms with Crippen LogP contribution in [-0.2, 0) is 24.0 Å². The van der Waals surface area contributed by atoms with E-state index >= 15 is 0 Å². The highest BCUT2D eigenvalue weighted by Crippen LogP contribution is 2.36. The summed E-state index contributed by atoms with van der Waals surface area (Å²) in [6, 6.07) is -4.13. The number of hydrogen-bond acceptors (Lipinski definition) is 10. The lowest BCUT2D eigenvalue weighted by Gasteiger charge is -2.30. The number of hydrogen-bond donors (Lipinski definition) is 8. The van der Waals surface area contributed by atoms with Crippen LogP contribution in [0.2, 0.25) is 0 Å². The number of aliphatic hydroxyl groups is 2. The van der Waals surface area contributed by atoms with Crippen molar-refractivity contribution in [2.45, 2.75) is 104 Å². The Morgan fingerprint density at radius 1 is 1.09 bits per heavy atom. The first-order valence-corrected chi connectivity index (χ1v) is 15.8. The van der Waals surface area contributed by atoms with Crippen LogP contribution in [-0.4, -0.2) is 94.5 Å². The number of nitrogens with two attached hydrogens (primary N) is 1. The van der Waals surface area contributed by atoms with Gasteiger partial charge < -0.3 is 37.2 Å². The Balaban J connectivity index is 2.43. The number of carbonyl (C=O) groups is 5. The van der Waals surface area contributed by atoms with Gasteiger partial charge in [0.15, 0.2) is 5.78 Å². The molecule has 0 unspecified atom stereocenters. The summed E-state index contributed by atoms with van der Waals surface area (Å²) in [6.07, 6.45) is 0.902. The van der Waals surface area contributed by atoms with Crippen LogP contribution in [0.3, 0.4) is 0 Å². The van der Waals surface area contributed by atoms with Crippen LogP contribution in [0.4, 0.5) is 0 Å². The maximum absolute atomic E-state index is 13.6. The topological polar surface area (TPSA) is 212 Å². The second-order valence-corrected chi connectivity index (χ2v) is 13.4. The summed E-state index contributed by atoms with van der Waals surface area (Å²) in [7, 11) is 0. The van der Waals surface area contributed by atoms with Crippen molar-refractivity contribution in [1.82, 2.24) is 21.3 Å². The van der Waals surface area contributed by atoms with Gasteiger partial charge in [0.1, 0.15) is 23.9 Å². The minimum Gasteiger partial charge on any atom is -0.511 e. The number of allylic oxidation sites excluding steroid dienone is 2. The van der Waals surface area contributed by atoms with Crippen LogP contribution in [0.15, 0.2) is 16.3 Å². The molecule has 0 aromatic carbocycles. The van der Waals surface area contributed by atoms with E-state index < -0.39 is 59.3 Å². The molecule has 2 rings (SSSR count). The van der Waals surface area contributed by atoms with Crippen LogP contribution in [0.5, 0.6) is 0 Å². The van der Waals surface area contributed by atoms with Crippen LogP contribution in [0.1, 0.15) is 73.6 Å². The molecule has 0 aromatic heterocycles. The highest BCUT2D eigenvalue weighted by atomic mass is 32.1. The molecule has 0 saturated carbocycles. The molecule has 0 spiro atoms. The van der Waals surface area contributed by atoms with E-state index in [4.69, 9.17) is 5.73 Å². The number of thiol groups is 1. The molecular weight excluding hydrogens is 588 g/mol. The van der Waals surface area contributed by atoms with Crippen molar-refractivity contribution in [3.8, 4) is 0 Å². The summed E-state index contributed by atoms with van der Waals surface area (Å²) in [6.45, 7) is 11.2. The molecule has 0 bridgehead atoms. The molecule has 0 radical (unpaired) electrons. The summed E-state index contributed by atoms with van der Waals surface area (Å²) >= 11 is 4.08. The Bertz CT molecular complexity index is 1150. The highest BCUT2D eigenvalue weighted by molar-refractivity contribution is 7.80. The van der Waals surface area contributed by atoms with E-state index in [1.54, 1.807) is 6.92 Å². The summed E-state index contributed by atoms with van der Waals surface area (Å²) in [5.41, 5.74) is 5.43. The first-order chi connectivity index (χ1) is 20.5. The molecule has 8 N–H and O–H groups in total. The van der Waals surface area contributed by atoms with Crippen molar-refractivity contribution < 1.29 is 34.2 Å². The average Bonchev–Trinajstić information content (AvgIpc) is 3.36. The predicted molar refractivity (Wildman–Crippen MR) is 170 cm³/mol. The van der Waals surface area contributed by atoms with Crippen molar-refractivity contribution >= 4 is 47.8 Å². The number of Topliss-reactive ketones (excluding diaryl/α,β-unsaturated/α-hetero) is 1. The van der Waals surface area contributed by atoms with E-state index in [0.717, 1.165) is 0 Å². The monoisotopic (exact) mass is 638 g/mol. The van der Waals surface area contributed by atoms with Gasteiger partial charge in [0.05, 0.1) is 24.3 Å². The number of nitrogens with one attached hydrogen (secondary N) is 4. The summed E-state index contributed by atoms with van der Waals surface area (Å²) in [5.74, 6) is -3.35. The second-order valence-electron chi connectivity index (χ2n) is 13.1. The Hall–Kier alpha value is -2.97. The van der Waals surface area contributed by atoms with Crippen molar-refractivity contribution in [3.63, 3.8) is 0 Å². The summed E-state index contributed by atoms with van der Waals surface area (Å²) in [4.78, 5) is 69.5. The third-order valence-electron chi connectivity index (χ3n) is 7.90. The standard InChI is InChI=1S/C30H50N6O7S/c1-7-16(4)25(36-27(41)19-9-17(37)12-32-19)29(43)34-20(28(42)35-21(14-44)26(31)40)13-33-18(8-15(2)3)24-22(38)10-30(5,6)11-23(24)39/h15-17,19-21,25,32,37-38,44H,7-14H2,1-6H3,(H2,31,40)(H,34,43)(H,35,42)(H,36,41)/t16-,17+,19-,20-,21-,25-/m0/s1. The summed E-state index contributed by atoms with van der Waals surface area (Å²) in [5, 5.41) is 31.5. The van der Waals surface area contributed by atoms with E-state index in [0.29, 0.717) is 18.6 Å². The first-order valence-electron chi connectivity index (χ1n) is 15.2. The summed E-state index contributed by atoms with van der Waals surface area (Å²) < 4.78 is 0. The van der Waals surface area contributed by atoms with Crippen molar-refractivity contribution in [3.05, 3.63) is 11.3 Å². The van der Waals surface area contributed by atoms with E-state index in [1.165, 1.54) is 0 Å². The van der Waals surface area contributed by atoms with Gasteiger partial charge in [-0.1, -0.05) is 48.0 Å². The molecule has 2 aliphatic rings. The van der Waals surface area contributed by atoms with Crippen molar-refractivity contribution in [1.29, 1.82) is 0 Å². The number of β-amino-alcohol motifs (C(OH)–C–C–N with tert-alkyl or cyclic N) is 1. The van der Waals surface area contributed by atoms with Gasteiger partial charge in [-0.25, -0.2) is 0 Å². The molecule has 1 heterocycles. The van der Waals surface area contributed by atoms with Crippen molar-refractivity contribution in [2.75, 3.05) is 18.8 Å². The predicted octanol–water partition coefficient (Wildman–Crippen LogP) is 0.313. The van der Waals surface area contributed by atoms with Gasteiger partial charge in [-0.2, -0.15) is 12.6 Å². The molecule has 0 aromatic rings. The molecular formula is C30H50N6O7S. The number of nitrogens with zero attached hydrogens (tertiary/aromatic N) is 1. The number of amides is 4. The van der Waals surface area contributed by atoms with E-state index in [2.05, 4.69) is 38.9 Å². The van der Waals surface area contributed by atoms with Crippen LogP contribution in [0.25, 0.3) is 0 Å². The quantitative estimate of drug-likeness (QED) is 0.0922. The maximum atomic E-state index is 13.6. The second kappa shape index (κ2) is 16.4. The number of aliphatic imine (C=N–C) groups is 1. The zero-order chi connectivity index (χ0) is 33.4. The van der Waals surface area contributed by atoms with Gasteiger partial charge in [0.2, 0.25) is 23.6 Å². The van der Waals surface area contributed by atoms with Gasteiger partial charge in [-0.05, 0) is 30.1 Å². The lowest BCUT2D eigenvalue weighted by molar-refractivity contribution is -0.134. The van der Waals surface area contributed by atoms with Gasteiger partial charge in [0, 0.05) is 30.9 Å². The van der Waals surface area contributed by atoms with Crippen LogP contribution >= 0.6 is 12.6 Å². The molecule has 13 nitrogen and oxygen atoms in total. The van der Waals surface area contributed by atoms with Crippen molar-refractivity contribution in [2.24, 2.45) is 28.0 Å². The molecule has 14 heteroatoms. The Morgan fingerprint density at radius 2 is 1.73 bits per heavy atom. The Kier molecular flexibility index (Phi) is 13.8. The lowest BCUT2D eigenvalue weighted by Crippen LogP contribution is -2.59. The number of primary amides is 1. The van der Waals surface area contributed by atoms with E-state index in [-0.39, 0.29) is 67.1 Å². The third kappa shape index (κ3) is 10.6. The molecule has 6 atom stereocenters. The number of aliphatic hydroxyl groups excluding tert-OH is 2. The Labute approximate surface area is 265 Å². The first kappa shape index (κ1) is 37.2. The highest BCUT2D eigenvalue weighted by Gasteiger charge is 2.37.